The molecule has 0 aromatic carbocycles. The summed E-state index contributed by atoms with van der Waals surface area (Å²) in [6.45, 7) is 3.93. The maximum Gasteiger partial charge on any atom is 0.243 e. The van der Waals surface area contributed by atoms with Gasteiger partial charge in [-0.05, 0) is 31.7 Å². The molecule has 5 nitrogen and oxygen atoms in total. The SMILES string of the molecule is CC(=O)NC(C(=O)NCC1=CCNCC1)C1CCCC1.Cl. The Labute approximate surface area is 132 Å². The van der Waals surface area contributed by atoms with E-state index in [1.54, 1.807) is 0 Å². The number of halogens is 1. The Kier molecular flexibility index (Phi) is 7.75. The van der Waals surface area contributed by atoms with E-state index in [0.29, 0.717) is 12.5 Å². The lowest BCUT2D eigenvalue weighted by Gasteiger charge is -2.24. The molecule has 2 aliphatic rings. The average Bonchev–Trinajstić information content (AvgIpc) is 2.97. The summed E-state index contributed by atoms with van der Waals surface area (Å²) in [5.74, 6) is 0.130. The van der Waals surface area contributed by atoms with Crippen molar-refractivity contribution in [2.75, 3.05) is 19.6 Å². The molecule has 0 aromatic rings. The Hall–Kier alpha value is -1.07. The van der Waals surface area contributed by atoms with E-state index in [0.717, 1.165) is 45.2 Å². The third kappa shape index (κ3) is 5.67. The molecule has 2 rings (SSSR count). The van der Waals surface area contributed by atoms with Crippen molar-refractivity contribution in [1.82, 2.24) is 16.0 Å². The smallest absolute Gasteiger partial charge is 0.243 e. The van der Waals surface area contributed by atoms with Crippen molar-refractivity contribution in [2.45, 2.75) is 45.1 Å². The molecule has 0 radical (unpaired) electrons. The zero-order valence-corrected chi connectivity index (χ0v) is 13.4. The molecule has 21 heavy (non-hydrogen) atoms. The van der Waals surface area contributed by atoms with Gasteiger partial charge in [-0.15, -0.1) is 12.4 Å². The van der Waals surface area contributed by atoms with Gasteiger partial charge in [0, 0.05) is 20.0 Å². The summed E-state index contributed by atoms with van der Waals surface area (Å²) in [4.78, 5) is 23.7. The molecule has 0 spiro atoms. The summed E-state index contributed by atoms with van der Waals surface area (Å²) in [5.41, 5.74) is 1.27. The molecule has 1 unspecified atom stereocenters. The van der Waals surface area contributed by atoms with E-state index in [4.69, 9.17) is 0 Å². The Morgan fingerprint density at radius 1 is 1.38 bits per heavy atom. The highest BCUT2D eigenvalue weighted by molar-refractivity contribution is 5.87. The van der Waals surface area contributed by atoms with Crippen molar-refractivity contribution in [3.63, 3.8) is 0 Å². The Bertz CT molecular complexity index is 392. The van der Waals surface area contributed by atoms with Crippen LogP contribution in [0, 0.1) is 5.92 Å². The van der Waals surface area contributed by atoms with E-state index < -0.39 is 0 Å². The first kappa shape index (κ1) is 18.0. The van der Waals surface area contributed by atoms with Gasteiger partial charge in [0.05, 0.1) is 0 Å². The average molecular weight is 316 g/mol. The molecule has 1 saturated carbocycles. The van der Waals surface area contributed by atoms with Crippen LogP contribution in [0.1, 0.15) is 39.0 Å². The molecule has 3 N–H and O–H groups in total. The minimum Gasteiger partial charge on any atom is -0.351 e. The molecule has 120 valence electrons. The molecule has 1 heterocycles. The van der Waals surface area contributed by atoms with Gasteiger partial charge in [0.2, 0.25) is 11.8 Å². The van der Waals surface area contributed by atoms with Crippen LogP contribution in [-0.2, 0) is 9.59 Å². The fraction of sp³-hybridized carbons (Fsp3) is 0.733. The Morgan fingerprint density at radius 3 is 2.67 bits per heavy atom. The predicted octanol–water partition coefficient (Wildman–Crippen LogP) is 1.14. The highest BCUT2D eigenvalue weighted by atomic mass is 35.5. The van der Waals surface area contributed by atoms with Gasteiger partial charge in [-0.1, -0.05) is 24.5 Å². The second-order valence-corrected chi connectivity index (χ2v) is 5.76. The Balaban J connectivity index is 0.00000220. The first-order chi connectivity index (χ1) is 9.66. The van der Waals surface area contributed by atoms with Gasteiger partial charge >= 0.3 is 0 Å². The molecule has 1 aliphatic carbocycles. The van der Waals surface area contributed by atoms with E-state index in [9.17, 15) is 9.59 Å². The van der Waals surface area contributed by atoms with Crippen molar-refractivity contribution in [1.29, 1.82) is 0 Å². The number of carbonyl (C=O) groups is 2. The van der Waals surface area contributed by atoms with Crippen LogP contribution in [0.3, 0.4) is 0 Å². The zero-order chi connectivity index (χ0) is 14.4. The van der Waals surface area contributed by atoms with Gasteiger partial charge < -0.3 is 16.0 Å². The summed E-state index contributed by atoms with van der Waals surface area (Å²) < 4.78 is 0. The van der Waals surface area contributed by atoms with Crippen LogP contribution in [0.5, 0.6) is 0 Å². The molecule has 2 amide bonds. The first-order valence-electron chi connectivity index (χ1n) is 7.60. The van der Waals surface area contributed by atoms with Gasteiger partial charge in [0.25, 0.3) is 0 Å². The van der Waals surface area contributed by atoms with Crippen molar-refractivity contribution in [2.24, 2.45) is 5.92 Å². The molecular weight excluding hydrogens is 290 g/mol. The summed E-state index contributed by atoms with van der Waals surface area (Å²) in [7, 11) is 0. The maximum atomic E-state index is 12.3. The second kappa shape index (κ2) is 9.05. The number of carbonyl (C=O) groups excluding carboxylic acids is 2. The number of hydrogen-bond acceptors (Lipinski definition) is 3. The van der Waals surface area contributed by atoms with E-state index in [-0.39, 0.29) is 30.3 Å². The second-order valence-electron chi connectivity index (χ2n) is 5.76. The standard InChI is InChI=1S/C15H25N3O2.ClH/c1-11(19)18-14(13-4-2-3-5-13)15(20)17-10-12-6-8-16-9-7-12;/h6,13-14,16H,2-5,7-10H2,1H3,(H,17,20)(H,18,19);1H. The highest BCUT2D eigenvalue weighted by Crippen LogP contribution is 2.27. The van der Waals surface area contributed by atoms with Crippen LogP contribution in [0.25, 0.3) is 0 Å². The monoisotopic (exact) mass is 315 g/mol. The quantitative estimate of drug-likeness (QED) is 0.666. The van der Waals surface area contributed by atoms with Crippen LogP contribution < -0.4 is 16.0 Å². The lowest BCUT2D eigenvalue weighted by atomic mass is 9.97. The number of amides is 2. The van der Waals surface area contributed by atoms with Gasteiger partial charge in [-0.2, -0.15) is 0 Å². The largest absolute Gasteiger partial charge is 0.351 e. The van der Waals surface area contributed by atoms with Crippen LogP contribution in [0.2, 0.25) is 0 Å². The molecular formula is C15H26ClN3O2. The van der Waals surface area contributed by atoms with Gasteiger partial charge in [0.15, 0.2) is 0 Å². The fourth-order valence-electron chi connectivity index (χ4n) is 3.05. The molecule has 1 aliphatic heterocycles. The van der Waals surface area contributed by atoms with Crippen molar-refractivity contribution < 1.29 is 9.59 Å². The van der Waals surface area contributed by atoms with Crippen LogP contribution in [-0.4, -0.2) is 37.5 Å². The van der Waals surface area contributed by atoms with Gasteiger partial charge in [-0.25, -0.2) is 0 Å². The normalized spacial score (nSPS) is 20.1. The third-order valence-electron chi connectivity index (χ3n) is 4.16. The van der Waals surface area contributed by atoms with E-state index in [1.165, 1.54) is 12.5 Å². The van der Waals surface area contributed by atoms with Gasteiger partial charge in [-0.3, -0.25) is 9.59 Å². The van der Waals surface area contributed by atoms with E-state index in [1.807, 2.05) is 0 Å². The summed E-state index contributed by atoms with van der Waals surface area (Å²) in [6.07, 6.45) is 7.49. The third-order valence-corrected chi connectivity index (χ3v) is 4.16. The van der Waals surface area contributed by atoms with Crippen molar-refractivity contribution in [3.05, 3.63) is 11.6 Å². The van der Waals surface area contributed by atoms with Gasteiger partial charge in [0.1, 0.15) is 6.04 Å². The first-order valence-corrected chi connectivity index (χ1v) is 7.60. The lowest BCUT2D eigenvalue weighted by molar-refractivity contribution is -0.129. The Morgan fingerprint density at radius 2 is 2.10 bits per heavy atom. The molecule has 6 heteroatoms. The number of nitrogens with one attached hydrogen (secondary N) is 3. The zero-order valence-electron chi connectivity index (χ0n) is 12.6. The maximum absolute atomic E-state index is 12.3. The van der Waals surface area contributed by atoms with E-state index >= 15 is 0 Å². The lowest BCUT2D eigenvalue weighted by Crippen LogP contribution is -2.50. The predicted molar refractivity (Wildman–Crippen MR) is 85.4 cm³/mol. The molecule has 0 aromatic heterocycles. The number of hydrogen-bond donors (Lipinski definition) is 3. The summed E-state index contributed by atoms with van der Waals surface area (Å²) in [6, 6.07) is -0.364. The van der Waals surface area contributed by atoms with Crippen LogP contribution in [0.4, 0.5) is 0 Å². The van der Waals surface area contributed by atoms with Crippen LogP contribution in [0.15, 0.2) is 11.6 Å². The fourth-order valence-corrected chi connectivity index (χ4v) is 3.05. The van der Waals surface area contributed by atoms with Crippen LogP contribution >= 0.6 is 12.4 Å². The molecule has 0 bridgehead atoms. The van der Waals surface area contributed by atoms with Crippen molar-refractivity contribution >= 4 is 24.2 Å². The molecule has 0 saturated heterocycles. The van der Waals surface area contributed by atoms with Crippen molar-refractivity contribution in [3.8, 4) is 0 Å². The molecule has 1 fully saturated rings. The summed E-state index contributed by atoms with van der Waals surface area (Å²) in [5, 5.41) is 9.06. The highest BCUT2D eigenvalue weighted by Gasteiger charge is 2.31. The number of rotatable bonds is 5. The summed E-state index contributed by atoms with van der Waals surface area (Å²) >= 11 is 0. The molecule has 1 atom stereocenters. The topological polar surface area (TPSA) is 70.2 Å². The minimum atomic E-state index is -0.364. The minimum absolute atomic E-state index is 0. The van der Waals surface area contributed by atoms with E-state index in [2.05, 4.69) is 22.0 Å².